The van der Waals surface area contributed by atoms with E-state index in [1.54, 1.807) is 24.3 Å². The summed E-state index contributed by atoms with van der Waals surface area (Å²) in [6.07, 6.45) is 3.63. The van der Waals surface area contributed by atoms with Gasteiger partial charge in [-0.1, -0.05) is 23.2 Å². The maximum atomic E-state index is 12.0. The predicted molar refractivity (Wildman–Crippen MR) is 64.1 cm³/mol. The molecule has 0 atom stereocenters. The van der Waals surface area contributed by atoms with Crippen LogP contribution in [-0.4, -0.2) is 12.4 Å². The highest BCUT2D eigenvalue weighted by atomic mass is 35.5. The van der Waals surface area contributed by atoms with E-state index in [0.717, 1.165) is 12.8 Å². The zero-order valence-corrected chi connectivity index (χ0v) is 10.0. The molecule has 0 fully saturated rings. The van der Waals surface area contributed by atoms with Gasteiger partial charge in [-0.15, -0.1) is 0 Å². The second kappa shape index (κ2) is 4.89. The first-order valence-corrected chi connectivity index (χ1v) is 5.76. The van der Waals surface area contributed by atoms with Gasteiger partial charge >= 0.3 is 0 Å². The molecule has 1 aromatic rings. The van der Waals surface area contributed by atoms with Gasteiger partial charge in [-0.05, 0) is 37.1 Å². The molecule has 0 spiro atoms. The number of allylic oxidation sites excluding steroid dienone is 2. The Labute approximate surface area is 104 Å². The van der Waals surface area contributed by atoms with Crippen LogP contribution < -0.4 is 0 Å². The maximum absolute atomic E-state index is 12.0. The largest absolute Gasteiger partial charge is 0.490 e. The summed E-state index contributed by atoms with van der Waals surface area (Å²) in [5.74, 6) is 0.230. The van der Waals surface area contributed by atoms with Gasteiger partial charge in [-0.2, -0.15) is 0 Å². The Morgan fingerprint density at radius 1 is 1.19 bits per heavy atom. The molecule has 0 unspecified atom stereocenters. The summed E-state index contributed by atoms with van der Waals surface area (Å²) in [5, 5.41) is 0.902. The summed E-state index contributed by atoms with van der Waals surface area (Å²) in [5.41, 5.74) is 0.464. The molecule has 0 amide bonds. The molecule has 0 N–H and O–H groups in total. The van der Waals surface area contributed by atoms with Gasteiger partial charge in [-0.25, -0.2) is 0 Å². The second-order valence-electron chi connectivity index (χ2n) is 3.55. The third kappa shape index (κ3) is 2.57. The van der Waals surface area contributed by atoms with Crippen molar-refractivity contribution in [2.75, 3.05) is 6.61 Å². The fourth-order valence-electron chi connectivity index (χ4n) is 1.54. The zero-order valence-electron chi connectivity index (χ0n) is 8.50. The van der Waals surface area contributed by atoms with E-state index in [9.17, 15) is 4.79 Å². The SMILES string of the molecule is O=C(C1=CCCCO1)c1cc(Cl)cc(Cl)c1. The molecule has 1 aliphatic heterocycles. The normalized spacial score (nSPS) is 15.2. The monoisotopic (exact) mass is 256 g/mol. The molecule has 1 heterocycles. The van der Waals surface area contributed by atoms with E-state index < -0.39 is 0 Å². The molecule has 0 bridgehead atoms. The lowest BCUT2D eigenvalue weighted by atomic mass is 10.1. The lowest BCUT2D eigenvalue weighted by molar-refractivity contribution is 0.0899. The van der Waals surface area contributed by atoms with Gasteiger partial charge < -0.3 is 4.74 Å². The molecule has 0 aliphatic carbocycles. The first kappa shape index (κ1) is 11.5. The standard InChI is InChI=1S/C12H10Cl2O2/c13-9-5-8(6-10(14)7-9)12(15)11-3-1-2-4-16-11/h3,5-7H,1-2,4H2. The summed E-state index contributed by atoms with van der Waals surface area (Å²) in [4.78, 5) is 12.0. The van der Waals surface area contributed by atoms with Crippen molar-refractivity contribution in [3.63, 3.8) is 0 Å². The summed E-state index contributed by atoms with van der Waals surface area (Å²) in [6, 6.07) is 4.78. The fourth-order valence-corrected chi connectivity index (χ4v) is 2.07. The van der Waals surface area contributed by atoms with Gasteiger partial charge in [0.05, 0.1) is 6.61 Å². The average Bonchev–Trinajstić information content (AvgIpc) is 2.28. The number of carbonyl (C=O) groups excluding carboxylic acids is 1. The Balaban J connectivity index is 2.29. The number of carbonyl (C=O) groups is 1. The molecule has 2 rings (SSSR count). The van der Waals surface area contributed by atoms with E-state index in [0.29, 0.717) is 28.0 Å². The molecule has 0 saturated carbocycles. The third-order valence-electron chi connectivity index (χ3n) is 2.28. The Kier molecular flexibility index (Phi) is 3.52. The van der Waals surface area contributed by atoms with Crippen LogP contribution in [0.3, 0.4) is 0 Å². The summed E-state index contributed by atoms with van der Waals surface area (Å²) in [6.45, 7) is 0.589. The number of ether oxygens (including phenoxy) is 1. The molecule has 2 nitrogen and oxygen atoms in total. The molecule has 1 aliphatic rings. The number of rotatable bonds is 2. The van der Waals surface area contributed by atoms with Gasteiger partial charge in [-0.3, -0.25) is 4.79 Å². The van der Waals surface area contributed by atoms with Crippen molar-refractivity contribution in [2.24, 2.45) is 0 Å². The summed E-state index contributed by atoms with van der Waals surface area (Å²) >= 11 is 11.7. The zero-order chi connectivity index (χ0) is 11.5. The molecule has 0 saturated heterocycles. The van der Waals surface area contributed by atoms with Crippen LogP contribution in [0.1, 0.15) is 23.2 Å². The van der Waals surface area contributed by atoms with Crippen LogP contribution in [0, 0.1) is 0 Å². The Morgan fingerprint density at radius 3 is 2.44 bits per heavy atom. The van der Waals surface area contributed by atoms with E-state index in [-0.39, 0.29) is 5.78 Å². The van der Waals surface area contributed by atoms with Crippen molar-refractivity contribution in [1.82, 2.24) is 0 Å². The number of benzene rings is 1. The van der Waals surface area contributed by atoms with Crippen LogP contribution in [-0.2, 0) is 4.74 Å². The maximum Gasteiger partial charge on any atom is 0.227 e. The van der Waals surface area contributed by atoms with Gasteiger partial charge in [0.2, 0.25) is 5.78 Å². The minimum atomic E-state index is -0.163. The highest BCUT2D eigenvalue weighted by Gasteiger charge is 2.16. The smallest absolute Gasteiger partial charge is 0.227 e. The van der Waals surface area contributed by atoms with Crippen molar-refractivity contribution < 1.29 is 9.53 Å². The third-order valence-corrected chi connectivity index (χ3v) is 2.72. The van der Waals surface area contributed by atoms with Gasteiger partial charge in [0, 0.05) is 15.6 Å². The molecule has 0 radical (unpaired) electrons. The summed E-state index contributed by atoms with van der Waals surface area (Å²) in [7, 11) is 0. The van der Waals surface area contributed by atoms with Crippen LogP contribution in [0.2, 0.25) is 10.0 Å². The van der Waals surface area contributed by atoms with E-state index in [1.165, 1.54) is 0 Å². The highest BCUT2D eigenvalue weighted by Crippen LogP contribution is 2.22. The molecular weight excluding hydrogens is 247 g/mol. The van der Waals surface area contributed by atoms with E-state index in [4.69, 9.17) is 27.9 Å². The molecule has 4 heteroatoms. The van der Waals surface area contributed by atoms with Crippen LogP contribution in [0.5, 0.6) is 0 Å². The van der Waals surface area contributed by atoms with E-state index in [1.807, 2.05) is 0 Å². The number of halogens is 2. The van der Waals surface area contributed by atoms with Gasteiger partial charge in [0.15, 0.2) is 5.76 Å². The molecule has 16 heavy (non-hydrogen) atoms. The minimum Gasteiger partial charge on any atom is -0.490 e. The summed E-state index contributed by atoms with van der Waals surface area (Å²) < 4.78 is 5.30. The Morgan fingerprint density at radius 2 is 1.88 bits per heavy atom. The number of ketones is 1. The molecule has 0 aromatic heterocycles. The van der Waals surface area contributed by atoms with Crippen LogP contribution in [0.15, 0.2) is 30.0 Å². The number of hydrogen-bond acceptors (Lipinski definition) is 2. The minimum absolute atomic E-state index is 0.163. The first-order chi connectivity index (χ1) is 7.66. The number of Topliss-reactive ketones (excluding diaryl/α,β-unsaturated/α-hetero) is 1. The van der Waals surface area contributed by atoms with Crippen molar-refractivity contribution in [2.45, 2.75) is 12.8 Å². The quantitative estimate of drug-likeness (QED) is 0.751. The van der Waals surface area contributed by atoms with Crippen molar-refractivity contribution in [1.29, 1.82) is 0 Å². The van der Waals surface area contributed by atoms with Crippen molar-refractivity contribution in [3.8, 4) is 0 Å². The number of hydrogen-bond donors (Lipinski definition) is 0. The second-order valence-corrected chi connectivity index (χ2v) is 4.42. The Hall–Kier alpha value is -0.990. The lowest BCUT2D eigenvalue weighted by Gasteiger charge is -2.13. The van der Waals surface area contributed by atoms with Crippen molar-refractivity contribution >= 4 is 29.0 Å². The highest BCUT2D eigenvalue weighted by molar-refractivity contribution is 6.35. The van der Waals surface area contributed by atoms with Gasteiger partial charge in [0.1, 0.15) is 0 Å². The first-order valence-electron chi connectivity index (χ1n) is 5.00. The lowest BCUT2D eigenvalue weighted by Crippen LogP contribution is -2.11. The van der Waals surface area contributed by atoms with Crippen LogP contribution in [0.4, 0.5) is 0 Å². The molecule has 84 valence electrons. The van der Waals surface area contributed by atoms with E-state index >= 15 is 0 Å². The predicted octanol–water partition coefficient (Wildman–Crippen LogP) is 3.87. The van der Waals surface area contributed by atoms with Crippen molar-refractivity contribution in [3.05, 3.63) is 45.6 Å². The van der Waals surface area contributed by atoms with Crippen LogP contribution in [0.25, 0.3) is 0 Å². The van der Waals surface area contributed by atoms with E-state index in [2.05, 4.69) is 0 Å². The average molecular weight is 257 g/mol. The van der Waals surface area contributed by atoms with Crippen LogP contribution >= 0.6 is 23.2 Å². The Bertz CT molecular complexity index is 432. The topological polar surface area (TPSA) is 26.3 Å². The fraction of sp³-hybridized carbons (Fsp3) is 0.250. The van der Waals surface area contributed by atoms with Gasteiger partial charge in [0.25, 0.3) is 0 Å². The molecule has 1 aromatic carbocycles. The molecular formula is C12H10Cl2O2.